The van der Waals surface area contributed by atoms with E-state index in [1.165, 1.54) is 4.52 Å². The van der Waals surface area contributed by atoms with Gasteiger partial charge in [0.25, 0.3) is 0 Å². The van der Waals surface area contributed by atoms with E-state index in [1.807, 2.05) is 19.2 Å². The second-order valence-corrected chi connectivity index (χ2v) is 5.50. The van der Waals surface area contributed by atoms with Crippen LogP contribution in [0, 0.1) is 0 Å². The van der Waals surface area contributed by atoms with E-state index in [1.54, 1.807) is 29.7 Å². The number of hydrogen-bond donors (Lipinski definition) is 2. The van der Waals surface area contributed by atoms with Crippen LogP contribution in [0.1, 0.15) is 18.9 Å². The summed E-state index contributed by atoms with van der Waals surface area (Å²) < 4.78 is 1.22. The van der Waals surface area contributed by atoms with Crippen LogP contribution in [0.3, 0.4) is 0 Å². The molecule has 19 heavy (non-hydrogen) atoms. The molecule has 0 aliphatic rings. The van der Waals surface area contributed by atoms with Crippen LogP contribution in [-0.4, -0.2) is 24.8 Å². The molecule has 0 spiro atoms. The molecule has 0 aliphatic heterocycles. The number of H-pyrrole nitrogens is 1. The van der Waals surface area contributed by atoms with Crippen LogP contribution in [0.25, 0.3) is 5.65 Å². The van der Waals surface area contributed by atoms with Crippen molar-refractivity contribution in [1.29, 1.82) is 0 Å². The van der Waals surface area contributed by atoms with E-state index in [2.05, 4.69) is 25.6 Å². The second kappa shape index (κ2) is 4.16. The van der Waals surface area contributed by atoms with Gasteiger partial charge in [0.15, 0.2) is 5.65 Å². The second-order valence-electron chi connectivity index (χ2n) is 4.60. The predicted molar refractivity (Wildman–Crippen MR) is 72.4 cm³/mol. The molecule has 0 bridgehead atoms. The highest BCUT2D eigenvalue weighted by Crippen LogP contribution is 2.25. The Morgan fingerprint density at radius 1 is 1.42 bits per heavy atom. The lowest BCUT2D eigenvalue weighted by atomic mass is 10.1. The third-order valence-electron chi connectivity index (χ3n) is 2.68. The summed E-state index contributed by atoms with van der Waals surface area (Å²) >= 11 is 1.57. The SMILES string of the molecule is CC(C)(Nc1ccc2n[nH]c(=O)n2n1)c1nccs1. The molecule has 3 rings (SSSR count). The van der Waals surface area contributed by atoms with Gasteiger partial charge in [-0.1, -0.05) is 0 Å². The molecule has 0 aliphatic carbocycles. The van der Waals surface area contributed by atoms with Crippen molar-refractivity contribution in [3.63, 3.8) is 0 Å². The molecular formula is C11H12N6OS. The van der Waals surface area contributed by atoms with Crippen LogP contribution in [0.5, 0.6) is 0 Å². The number of aromatic nitrogens is 5. The zero-order chi connectivity index (χ0) is 13.5. The molecule has 0 unspecified atom stereocenters. The van der Waals surface area contributed by atoms with Crippen LogP contribution in [0.4, 0.5) is 5.82 Å². The van der Waals surface area contributed by atoms with Crippen molar-refractivity contribution in [1.82, 2.24) is 24.8 Å². The Labute approximate surface area is 112 Å². The third-order valence-corrected chi connectivity index (χ3v) is 3.78. The summed E-state index contributed by atoms with van der Waals surface area (Å²) in [6.45, 7) is 4.02. The molecule has 3 aromatic heterocycles. The van der Waals surface area contributed by atoms with E-state index in [-0.39, 0.29) is 11.2 Å². The number of nitrogens with zero attached hydrogens (tertiary/aromatic N) is 4. The van der Waals surface area contributed by atoms with Crippen LogP contribution >= 0.6 is 11.3 Å². The fourth-order valence-electron chi connectivity index (χ4n) is 1.78. The Balaban J connectivity index is 1.97. The van der Waals surface area contributed by atoms with Gasteiger partial charge < -0.3 is 5.32 Å². The Morgan fingerprint density at radius 3 is 3.00 bits per heavy atom. The fraction of sp³-hybridized carbons (Fsp3) is 0.273. The first-order valence-corrected chi connectivity index (χ1v) is 6.57. The minimum atomic E-state index is -0.359. The zero-order valence-electron chi connectivity index (χ0n) is 10.4. The number of fused-ring (bicyclic) bond motifs is 1. The Morgan fingerprint density at radius 2 is 2.26 bits per heavy atom. The highest BCUT2D eigenvalue weighted by molar-refractivity contribution is 7.09. The van der Waals surface area contributed by atoms with E-state index in [4.69, 9.17) is 0 Å². The lowest BCUT2D eigenvalue weighted by Gasteiger charge is -2.24. The number of rotatable bonds is 3. The summed E-state index contributed by atoms with van der Waals surface area (Å²) in [4.78, 5) is 15.8. The summed E-state index contributed by atoms with van der Waals surface area (Å²) in [5, 5.41) is 16.5. The largest absolute Gasteiger partial charge is 0.364 e. The van der Waals surface area contributed by atoms with E-state index in [9.17, 15) is 4.79 Å². The molecule has 7 nitrogen and oxygen atoms in total. The minimum Gasteiger partial charge on any atom is -0.357 e. The maximum atomic E-state index is 11.5. The van der Waals surface area contributed by atoms with Crippen molar-refractivity contribution in [2.24, 2.45) is 0 Å². The quantitative estimate of drug-likeness (QED) is 0.751. The van der Waals surface area contributed by atoms with Gasteiger partial charge in [-0.3, -0.25) is 0 Å². The highest BCUT2D eigenvalue weighted by Gasteiger charge is 2.23. The van der Waals surface area contributed by atoms with Gasteiger partial charge in [-0.15, -0.1) is 16.4 Å². The smallest absolute Gasteiger partial charge is 0.357 e. The third kappa shape index (κ3) is 2.10. The summed E-state index contributed by atoms with van der Waals surface area (Å²) in [5.74, 6) is 0.594. The summed E-state index contributed by atoms with van der Waals surface area (Å²) in [7, 11) is 0. The van der Waals surface area contributed by atoms with Crippen molar-refractivity contribution < 1.29 is 0 Å². The molecule has 0 amide bonds. The van der Waals surface area contributed by atoms with Crippen LogP contribution < -0.4 is 11.0 Å². The van der Waals surface area contributed by atoms with E-state index >= 15 is 0 Å². The molecule has 2 N–H and O–H groups in total. The first-order valence-electron chi connectivity index (χ1n) is 5.69. The van der Waals surface area contributed by atoms with Crippen molar-refractivity contribution in [3.8, 4) is 0 Å². The highest BCUT2D eigenvalue weighted by atomic mass is 32.1. The maximum Gasteiger partial charge on any atom is 0.364 e. The Bertz CT molecular complexity index is 757. The first kappa shape index (κ1) is 11.8. The van der Waals surface area contributed by atoms with Crippen molar-refractivity contribution in [3.05, 3.63) is 39.2 Å². The van der Waals surface area contributed by atoms with E-state index < -0.39 is 0 Å². The van der Waals surface area contributed by atoms with Crippen LogP contribution in [0.2, 0.25) is 0 Å². The normalized spacial score (nSPS) is 11.9. The number of anilines is 1. The van der Waals surface area contributed by atoms with Gasteiger partial charge in [0.1, 0.15) is 10.8 Å². The molecule has 3 heterocycles. The van der Waals surface area contributed by atoms with Crippen molar-refractivity contribution in [2.45, 2.75) is 19.4 Å². The summed E-state index contributed by atoms with van der Waals surface area (Å²) in [5.41, 5.74) is -0.226. The fourth-order valence-corrected chi connectivity index (χ4v) is 2.49. The van der Waals surface area contributed by atoms with Crippen molar-refractivity contribution in [2.75, 3.05) is 5.32 Å². The van der Waals surface area contributed by atoms with Gasteiger partial charge in [-0.2, -0.15) is 9.61 Å². The van der Waals surface area contributed by atoms with Gasteiger partial charge in [0.2, 0.25) is 0 Å². The average Bonchev–Trinajstić information content (AvgIpc) is 3.00. The maximum absolute atomic E-state index is 11.5. The standard InChI is InChI=1S/C11H12N6OS/c1-11(2,9-12-5-6-19-9)13-7-3-4-8-14-15-10(18)17(8)16-7/h3-6H,1-2H3,(H,13,16)(H,15,18). The van der Waals surface area contributed by atoms with Crippen molar-refractivity contribution >= 4 is 22.8 Å². The molecule has 0 radical (unpaired) electrons. The van der Waals surface area contributed by atoms with Crippen LogP contribution in [0.15, 0.2) is 28.5 Å². The molecule has 0 atom stereocenters. The molecule has 8 heteroatoms. The number of thiazole rings is 1. The van der Waals surface area contributed by atoms with Gasteiger partial charge in [-0.05, 0) is 26.0 Å². The summed E-state index contributed by atoms with van der Waals surface area (Å²) in [6, 6.07) is 3.51. The lowest BCUT2D eigenvalue weighted by molar-refractivity contribution is 0.597. The molecule has 0 aromatic carbocycles. The monoisotopic (exact) mass is 276 g/mol. The molecule has 3 aromatic rings. The molecule has 0 saturated carbocycles. The molecular weight excluding hydrogens is 264 g/mol. The van der Waals surface area contributed by atoms with Gasteiger partial charge in [0, 0.05) is 11.6 Å². The molecule has 0 saturated heterocycles. The number of hydrogen-bond acceptors (Lipinski definition) is 6. The first-order chi connectivity index (χ1) is 9.06. The topological polar surface area (TPSA) is 88.0 Å². The lowest BCUT2D eigenvalue weighted by Crippen LogP contribution is -2.29. The number of aromatic amines is 1. The summed E-state index contributed by atoms with van der Waals surface area (Å²) in [6.07, 6.45) is 1.76. The molecule has 0 fully saturated rings. The average molecular weight is 276 g/mol. The van der Waals surface area contributed by atoms with Gasteiger partial charge in [-0.25, -0.2) is 14.9 Å². The minimum absolute atomic E-state index is 0.356. The zero-order valence-corrected chi connectivity index (χ0v) is 11.2. The number of nitrogens with one attached hydrogen (secondary N) is 2. The van der Waals surface area contributed by atoms with Crippen LogP contribution in [-0.2, 0) is 5.54 Å². The van der Waals surface area contributed by atoms with E-state index in [0.717, 1.165) is 5.01 Å². The van der Waals surface area contributed by atoms with Gasteiger partial charge in [0.05, 0.1) is 5.54 Å². The Kier molecular flexibility index (Phi) is 2.59. The molecule has 98 valence electrons. The predicted octanol–water partition coefficient (Wildman–Crippen LogP) is 1.22. The van der Waals surface area contributed by atoms with E-state index in [0.29, 0.717) is 11.5 Å². The van der Waals surface area contributed by atoms with Gasteiger partial charge >= 0.3 is 5.69 Å². The Hall–Kier alpha value is -2.22.